The van der Waals surface area contributed by atoms with Crippen molar-refractivity contribution in [1.82, 2.24) is 19.9 Å². The highest BCUT2D eigenvalue weighted by atomic mass is 35.5. The van der Waals surface area contributed by atoms with E-state index in [0.29, 0.717) is 30.0 Å². The van der Waals surface area contributed by atoms with Gasteiger partial charge in [-0.1, -0.05) is 17.7 Å². The number of aryl methyl sites for hydroxylation is 2. The Morgan fingerprint density at radius 3 is 2.66 bits per heavy atom. The molecule has 164 valence electrons. The van der Waals surface area contributed by atoms with Crippen LogP contribution in [0.25, 0.3) is 11.3 Å². The lowest BCUT2D eigenvalue weighted by atomic mass is 9.82. The first-order chi connectivity index (χ1) is 15.4. The highest BCUT2D eigenvalue weighted by Gasteiger charge is 2.45. The molecule has 1 aromatic carbocycles. The largest absolute Gasteiger partial charge is 0.337 e. The SMILES string of the molecule is Cc1cc(C)nc(N2CC3CCN(C(=O)c4cccc(F)c4-c4ncccc4Cl)CC32)n1. The molecule has 0 radical (unpaired) electrons. The topological polar surface area (TPSA) is 62.2 Å². The number of hydrogen-bond donors (Lipinski definition) is 0. The molecule has 0 aliphatic carbocycles. The summed E-state index contributed by atoms with van der Waals surface area (Å²) in [5.74, 6) is 0.485. The molecule has 32 heavy (non-hydrogen) atoms. The van der Waals surface area contributed by atoms with Crippen LogP contribution in [0.4, 0.5) is 10.3 Å². The van der Waals surface area contributed by atoms with Gasteiger partial charge in [0.25, 0.3) is 5.91 Å². The number of aromatic nitrogens is 3. The van der Waals surface area contributed by atoms with Crippen LogP contribution in [0, 0.1) is 25.6 Å². The van der Waals surface area contributed by atoms with Gasteiger partial charge >= 0.3 is 0 Å². The summed E-state index contributed by atoms with van der Waals surface area (Å²) in [6.45, 7) is 5.99. The van der Waals surface area contributed by atoms with Gasteiger partial charge in [-0.3, -0.25) is 9.78 Å². The Bertz CT molecular complexity index is 1180. The van der Waals surface area contributed by atoms with Crippen molar-refractivity contribution >= 4 is 23.5 Å². The van der Waals surface area contributed by atoms with E-state index >= 15 is 0 Å². The van der Waals surface area contributed by atoms with Gasteiger partial charge in [-0.25, -0.2) is 14.4 Å². The molecule has 0 spiro atoms. The number of pyridine rings is 1. The molecular formula is C24H23ClFN5O. The zero-order valence-electron chi connectivity index (χ0n) is 17.9. The van der Waals surface area contributed by atoms with Crippen molar-refractivity contribution in [1.29, 1.82) is 0 Å². The lowest BCUT2D eigenvalue weighted by molar-refractivity contribution is 0.0589. The maximum atomic E-state index is 14.9. The second-order valence-corrected chi connectivity index (χ2v) is 8.87. The third-order valence-electron chi connectivity index (χ3n) is 6.31. The van der Waals surface area contributed by atoms with Gasteiger partial charge in [-0.2, -0.15) is 0 Å². The van der Waals surface area contributed by atoms with Crippen LogP contribution in [0.3, 0.4) is 0 Å². The van der Waals surface area contributed by atoms with Crippen LogP contribution in [-0.4, -0.2) is 51.4 Å². The number of amides is 1. The van der Waals surface area contributed by atoms with Gasteiger partial charge in [-0.05, 0) is 50.6 Å². The molecule has 6 nitrogen and oxygen atoms in total. The molecule has 8 heteroatoms. The quantitative estimate of drug-likeness (QED) is 0.594. The normalized spacial score (nSPS) is 20.0. The van der Waals surface area contributed by atoms with E-state index in [0.717, 1.165) is 24.4 Å². The lowest BCUT2D eigenvalue weighted by Crippen LogP contribution is -2.65. The van der Waals surface area contributed by atoms with Gasteiger partial charge in [0.05, 0.1) is 27.9 Å². The number of likely N-dealkylation sites (tertiary alicyclic amines) is 1. The number of nitrogens with zero attached hydrogens (tertiary/aromatic N) is 5. The number of carbonyl (C=O) groups is 1. The molecule has 4 heterocycles. The van der Waals surface area contributed by atoms with E-state index in [1.165, 1.54) is 6.07 Å². The number of anilines is 1. The minimum atomic E-state index is -0.514. The lowest BCUT2D eigenvalue weighted by Gasteiger charge is -2.53. The van der Waals surface area contributed by atoms with E-state index < -0.39 is 5.82 Å². The predicted molar refractivity (Wildman–Crippen MR) is 121 cm³/mol. The minimum absolute atomic E-state index is 0.147. The Balaban J connectivity index is 1.43. The molecule has 0 saturated carbocycles. The molecule has 2 aromatic heterocycles. The van der Waals surface area contributed by atoms with Crippen LogP contribution in [-0.2, 0) is 0 Å². The van der Waals surface area contributed by atoms with E-state index in [9.17, 15) is 9.18 Å². The summed E-state index contributed by atoms with van der Waals surface area (Å²) in [6.07, 6.45) is 2.44. The average molecular weight is 452 g/mol. The van der Waals surface area contributed by atoms with Crippen molar-refractivity contribution in [3.8, 4) is 11.3 Å². The van der Waals surface area contributed by atoms with Crippen LogP contribution in [0.2, 0.25) is 5.02 Å². The number of carbonyl (C=O) groups excluding carboxylic acids is 1. The van der Waals surface area contributed by atoms with Gasteiger partial charge in [0.15, 0.2) is 0 Å². The fourth-order valence-corrected chi connectivity index (χ4v) is 4.95. The Morgan fingerprint density at radius 1 is 1.12 bits per heavy atom. The molecule has 2 aliphatic heterocycles. The Kier molecular flexibility index (Phi) is 5.29. The highest BCUT2D eigenvalue weighted by molar-refractivity contribution is 6.33. The van der Waals surface area contributed by atoms with Gasteiger partial charge in [0.1, 0.15) is 5.82 Å². The number of fused-ring (bicyclic) bond motifs is 1. The summed E-state index contributed by atoms with van der Waals surface area (Å²) in [7, 11) is 0. The first kappa shape index (κ1) is 20.8. The second kappa shape index (κ2) is 8.13. The monoisotopic (exact) mass is 451 g/mol. The third-order valence-corrected chi connectivity index (χ3v) is 6.61. The summed E-state index contributed by atoms with van der Waals surface area (Å²) in [4.78, 5) is 30.9. The van der Waals surface area contributed by atoms with Crippen LogP contribution < -0.4 is 4.90 Å². The van der Waals surface area contributed by atoms with Gasteiger partial charge < -0.3 is 9.80 Å². The summed E-state index contributed by atoms with van der Waals surface area (Å²) < 4.78 is 14.9. The smallest absolute Gasteiger partial charge is 0.254 e. The first-order valence-corrected chi connectivity index (χ1v) is 11.1. The van der Waals surface area contributed by atoms with E-state index in [1.807, 2.05) is 19.9 Å². The van der Waals surface area contributed by atoms with Crippen molar-refractivity contribution in [3.63, 3.8) is 0 Å². The van der Waals surface area contributed by atoms with Crippen LogP contribution in [0.1, 0.15) is 28.2 Å². The number of hydrogen-bond acceptors (Lipinski definition) is 5. The Labute approximate surface area is 191 Å². The number of halogens is 2. The molecule has 5 rings (SSSR count). The van der Waals surface area contributed by atoms with Crippen molar-refractivity contribution in [2.24, 2.45) is 5.92 Å². The molecule has 2 atom stereocenters. The summed E-state index contributed by atoms with van der Waals surface area (Å²) >= 11 is 6.28. The van der Waals surface area contributed by atoms with Crippen molar-refractivity contribution in [3.05, 3.63) is 70.4 Å². The molecule has 0 bridgehead atoms. The first-order valence-electron chi connectivity index (χ1n) is 10.7. The highest BCUT2D eigenvalue weighted by Crippen LogP contribution is 2.37. The van der Waals surface area contributed by atoms with Crippen LogP contribution in [0.5, 0.6) is 0 Å². The van der Waals surface area contributed by atoms with Crippen molar-refractivity contribution in [2.75, 3.05) is 24.5 Å². The van der Waals surface area contributed by atoms with E-state index in [4.69, 9.17) is 11.6 Å². The number of benzene rings is 1. The molecule has 2 aliphatic rings. The van der Waals surface area contributed by atoms with E-state index in [-0.39, 0.29) is 28.8 Å². The molecular weight excluding hydrogens is 429 g/mol. The summed E-state index contributed by atoms with van der Waals surface area (Å²) in [6, 6.07) is 9.95. The van der Waals surface area contributed by atoms with E-state index in [2.05, 4.69) is 19.9 Å². The number of piperidine rings is 1. The zero-order chi connectivity index (χ0) is 22.4. The summed E-state index contributed by atoms with van der Waals surface area (Å²) in [5, 5.41) is 0.308. The fraction of sp³-hybridized carbons (Fsp3) is 0.333. The molecule has 2 fully saturated rings. The van der Waals surface area contributed by atoms with Gasteiger partial charge in [0, 0.05) is 43.1 Å². The maximum Gasteiger partial charge on any atom is 0.254 e. The predicted octanol–water partition coefficient (Wildman–Crippen LogP) is 4.30. The maximum absolute atomic E-state index is 14.9. The average Bonchev–Trinajstić information content (AvgIpc) is 2.74. The van der Waals surface area contributed by atoms with Gasteiger partial charge in [0.2, 0.25) is 5.95 Å². The minimum Gasteiger partial charge on any atom is -0.337 e. The molecule has 1 amide bonds. The summed E-state index contributed by atoms with van der Waals surface area (Å²) in [5.41, 5.74) is 2.55. The standard InChI is InChI=1S/C24H23ClFN5O/c1-14-11-15(2)29-24(28-14)31-12-16-8-10-30(13-20(16)31)23(32)17-5-3-7-19(26)21(17)22-18(25)6-4-9-27-22/h3-7,9,11,16,20H,8,10,12-13H2,1-2H3. The van der Waals surface area contributed by atoms with Crippen molar-refractivity contribution in [2.45, 2.75) is 26.3 Å². The fourth-order valence-electron chi connectivity index (χ4n) is 4.73. The van der Waals surface area contributed by atoms with Crippen LogP contribution in [0.15, 0.2) is 42.6 Å². The van der Waals surface area contributed by atoms with E-state index in [1.54, 1.807) is 35.4 Å². The molecule has 0 N–H and O–H groups in total. The molecule has 2 saturated heterocycles. The van der Waals surface area contributed by atoms with Crippen LogP contribution >= 0.6 is 11.6 Å². The Morgan fingerprint density at radius 2 is 1.91 bits per heavy atom. The second-order valence-electron chi connectivity index (χ2n) is 8.47. The molecule has 3 aromatic rings. The number of rotatable bonds is 3. The zero-order valence-corrected chi connectivity index (χ0v) is 18.7. The molecule has 2 unspecified atom stereocenters. The van der Waals surface area contributed by atoms with Gasteiger partial charge in [-0.15, -0.1) is 0 Å². The Hall–Kier alpha value is -3.06. The van der Waals surface area contributed by atoms with Crippen molar-refractivity contribution < 1.29 is 9.18 Å². The third kappa shape index (κ3) is 3.60.